The van der Waals surface area contributed by atoms with Crippen molar-refractivity contribution in [2.45, 2.75) is 19.3 Å². The zero-order chi connectivity index (χ0) is 18.7. The molecule has 0 aliphatic heterocycles. The minimum Gasteiger partial charge on any atom is -0.445 e. The summed E-state index contributed by atoms with van der Waals surface area (Å²) in [4.78, 5) is 15.9. The van der Waals surface area contributed by atoms with Crippen LogP contribution in [0, 0.1) is 0 Å². The standard InChI is InChI=1S/C17H13BrF3N3O2/c18-14-6-12(17(19,20)21)8-24-9-13(23-15(14)24)7-22-16(25)26-10-11-4-2-1-3-5-11/h1-6,8-9H,7,10H2,(H,22,25). The predicted molar refractivity (Wildman–Crippen MR) is 91.4 cm³/mol. The zero-order valence-electron chi connectivity index (χ0n) is 13.3. The lowest BCUT2D eigenvalue weighted by Gasteiger charge is -2.07. The lowest BCUT2D eigenvalue weighted by Crippen LogP contribution is -2.23. The number of rotatable bonds is 4. The predicted octanol–water partition coefficient (Wildman–Crippen LogP) is 4.54. The quantitative estimate of drug-likeness (QED) is 0.664. The van der Waals surface area contributed by atoms with Gasteiger partial charge in [-0.15, -0.1) is 0 Å². The maximum atomic E-state index is 12.9. The van der Waals surface area contributed by atoms with E-state index in [1.165, 1.54) is 10.6 Å². The zero-order valence-corrected chi connectivity index (χ0v) is 14.8. The first kappa shape index (κ1) is 18.2. The molecule has 0 unspecified atom stereocenters. The van der Waals surface area contributed by atoms with Crippen LogP contribution in [0.1, 0.15) is 16.8 Å². The van der Waals surface area contributed by atoms with Crippen LogP contribution in [0.5, 0.6) is 0 Å². The van der Waals surface area contributed by atoms with Crippen molar-refractivity contribution in [3.63, 3.8) is 0 Å². The van der Waals surface area contributed by atoms with E-state index in [9.17, 15) is 18.0 Å². The third kappa shape index (κ3) is 4.34. The van der Waals surface area contributed by atoms with Gasteiger partial charge in [-0.2, -0.15) is 13.2 Å². The average Bonchev–Trinajstić information content (AvgIpc) is 3.02. The first-order valence-electron chi connectivity index (χ1n) is 7.52. The Bertz CT molecular complexity index is 926. The number of benzene rings is 1. The van der Waals surface area contributed by atoms with Crippen molar-refractivity contribution in [2.24, 2.45) is 0 Å². The van der Waals surface area contributed by atoms with E-state index >= 15 is 0 Å². The number of hydrogen-bond donors (Lipinski definition) is 1. The minimum atomic E-state index is -4.46. The van der Waals surface area contributed by atoms with Gasteiger partial charge < -0.3 is 14.5 Å². The first-order chi connectivity index (χ1) is 12.3. The molecule has 0 saturated heterocycles. The molecule has 0 bridgehead atoms. The van der Waals surface area contributed by atoms with Crippen molar-refractivity contribution in [3.05, 3.63) is 70.1 Å². The number of ether oxygens (including phenoxy) is 1. The molecule has 0 radical (unpaired) electrons. The Morgan fingerprint density at radius 3 is 2.65 bits per heavy atom. The van der Waals surface area contributed by atoms with Crippen LogP contribution in [-0.2, 0) is 24.1 Å². The van der Waals surface area contributed by atoms with Gasteiger partial charge in [0.2, 0.25) is 0 Å². The number of fused-ring (bicyclic) bond motifs is 1. The molecule has 3 aromatic rings. The van der Waals surface area contributed by atoms with Gasteiger partial charge in [0.25, 0.3) is 0 Å². The summed E-state index contributed by atoms with van der Waals surface area (Å²) in [6, 6.07) is 10.1. The molecule has 0 fully saturated rings. The van der Waals surface area contributed by atoms with E-state index in [1.54, 1.807) is 0 Å². The number of imidazole rings is 1. The minimum absolute atomic E-state index is 0.0308. The van der Waals surface area contributed by atoms with Gasteiger partial charge in [0.15, 0.2) is 5.65 Å². The molecule has 9 heteroatoms. The van der Waals surface area contributed by atoms with Crippen LogP contribution in [0.3, 0.4) is 0 Å². The summed E-state index contributed by atoms with van der Waals surface area (Å²) in [7, 11) is 0. The SMILES string of the molecule is O=C(NCc1cn2cc(C(F)(F)F)cc(Br)c2n1)OCc1ccccc1. The molecule has 5 nitrogen and oxygen atoms in total. The van der Waals surface area contributed by atoms with E-state index in [4.69, 9.17) is 4.74 Å². The van der Waals surface area contributed by atoms with E-state index in [1.807, 2.05) is 30.3 Å². The monoisotopic (exact) mass is 427 g/mol. The van der Waals surface area contributed by atoms with Crippen LogP contribution in [0.2, 0.25) is 0 Å². The highest BCUT2D eigenvalue weighted by atomic mass is 79.9. The largest absolute Gasteiger partial charge is 0.445 e. The summed E-state index contributed by atoms with van der Waals surface area (Å²) in [5.41, 5.74) is 0.782. The molecule has 1 amide bonds. The van der Waals surface area contributed by atoms with Gasteiger partial charge in [-0.05, 0) is 27.6 Å². The third-order valence-corrected chi connectivity index (χ3v) is 4.09. The van der Waals surface area contributed by atoms with Crippen LogP contribution in [0.25, 0.3) is 5.65 Å². The van der Waals surface area contributed by atoms with E-state index in [0.717, 1.165) is 17.8 Å². The number of nitrogens with one attached hydrogen (secondary N) is 1. The lowest BCUT2D eigenvalue weighted by atomic mass is 10.2. The number of carbonyl (C=O) groups is 1. The molecule has 0 aliphatic carbocycles. The topological polar surface area (TPSA) is 55.6 Å². The number of alkyl halides is 3. The van der Waals surface area contributed by atoms with Crippen molar-refractivity contribution in [2.75, 3.05) is 0 Å². The molecule has 0 saturated carbocycles. The van der Waals surface area contributed by atoms with Crippen LogP contribution in [0.4, 0.5) is 18.0 Å². The Hall–Kier alpha value is -2.55. The van der Waals surface area contributed by atoms with Gasteiger partial charge in [-0.1, -0.05) is 30.3 Å². The fraction of sp³-hybridized carbons (Fsp3) is 0.176. The Balaban J connectivity index is 1.64. The van der Waals surface area contributed by atoms with Gasteiger partial charge in [-0.3, -0.25) is 0 Å². The van der Waals surface area contributed by atoms with Crippen molar-refractivity contribution >= 4 is 27.7 Å². The highest BCUT2D eigenvalue weighted by Crippen LogP contribution is 2.32. The number of nitrogens with zero attached hydrogens (tertiary/aromatic N) is 2. The van der Waals surface area contributed by atoms with Crippen LogP contribution >= 0.6 is 15.9 Å². The smallest absolute Gasteiger partial charge is 0.417 e. The molecular weight excluding hydrogens is 415 g/mol. The summed E-state index contributed by atoms with van der Waals surface area (Å²) >= 11 is 3.09. The summed E-state index contributed by atoms with van der Waals surface area (Å²) < 4.78 is 45.1. The van der Waals surface area contributed by atoms with Gasteiger partial charge >= 0.3 is 12.3 Å². The van der Waals surface area contributed by atoms with Crippen LogP contribution < -0.4 is 5.32 Å². The fourth-order valence-corrected chi connectivity index (χ4v) is 2.82. The Morgan fingerprint density at radius 1 is 1.23 bits per heavy atom. The molecule has 2 heterocycles. The number of hydrogen-bond acceptors (Lipinski definition) is 3. The van der Waals surface area contributed by atoms with Crippen molar-refractivity contribution in [1.29, 1.82) is 0 Å². The molecule has 0 atom stereocenters. The number of amides is 1. The van der Waals surface area contributed by atoms with Crippen molar-refractivity contribution in [3.8, 4) is 0 Å². The van der Waals surface area contributed by atoms with Crippen LogP contribution in [-0.4, -0.2) is 15.5 Å². The summed E-state index contributed by atoms with van der Waals surface area (Å²) in [5, 5.41) is 2.52. The summed E-state index contributed by atoms with van der Waals surface area (Å²) in [6.07, 6.45) is -2.72. The maximum Gasteiger partial charge on any atom is 0.417 e. The number of pyridine rings is 1. The van der Waals surface area contributed by atoms with Crippen molar-refractivity contribution in [1.82, 2.24) is 14.7 Å². The van der Waals surface area contributed by atoms with Crippen LogP contribution in [0.15, 0.2) is 53.3 Å². The summed E-state index contributed by atoms with van der Waals surface area (Å²) in [6.45, 7) is 0.154. The lowest BCUT2D eigenvalue weighted by molar-refractivity contribution is -0.137. The highest BCUT2D eigenvalue weighted by molar-refractivity contribution is 9.10. The molecule has 136 valence electrons. The molecule has 0 aliphatic rings. The summed E-state index contributed by atoms with van der Waals surface area (Å²) in [5.74, 6) is 0. The van der Waals surface area contributed by atoms with Gasteiger partial charge in [0.1, 0.15) is 6.61 Å². The number of alkyl carbamates (subject to hydrolysis) is 1. The molecule has 1 aromatic carbocycles. The first-order valence-corrected chi connectivity index (χ1v) is 8.31. The second-order valence-corrected chi connectivity index (χ2v) is 6.31. The molecular formula is C17H13BrF3N3O2. The molecule has 2 aromatic heterocycles. The van der Waals surface area contributed by atoms with Gasteiger partial charge in [0, 0.05) is 12.4 Å². The van der Waals surface area contributed by atoms with E-state index in [-0.39, 0.29) is 17.6 Å². The van der Waals surface area contributed by atoms with E-state index in [2.05, 4.69) is 26.2 Å². The third-order valence-electron chi connectivity index (χ3n) is 3.51. The number of carbonyl (C=O) groups excluding carboxylic acids is 1. The van der Waals surface area contributed by atoms with Gasteiger partial charge in [-0.25, -0.2) is 9.78 Å². The highest BCUT2D eigenvalue weighted by Gasteiger charge is 2.31. The van der Waals surface area contributed by atoms with Gasteiger partial charge in [0.05, 0.1) is 22.3 Å². The normalized spacial score (nSPS) is 11.5. The Kier molecular flexibility index (Phi) is 5.17. The Morgan fingerprint density at radius 2 is 1.96 bits per heavy atom. The maximum absolute atomic E-state index is 12.9. The Labute approximate surface area is 154 Å². The molecule has 1 N–H and O–H groups in total. The van der Waals surface area contributed by atoms with E-state index < -0.39 is 17.8 Å². The number of halogens is 4. The second kappa shape index (κ2) is 7.36. The van der Waals surface area contributed by atoms with Crippen molar-refractivity contribution < 1.29 is 22.7 Å². The molecule has 0 spiro atoms. The molecule has 26 heavy (non-hydrogen) atoms. The second-order valence-electron chi connectivity index (χ2n) is 5.45. The average molecular weight is 428 g/mol. The van der Waals surface area contributed by atoms with E-state index in [0.29, 0.717) is 11.3 Å². The molecule has 3 rings (SSSR count). The fourth-order valence-electron chi connectivity index (χ4n) is 2.28. The number of aromatic nitrogens is 2.